The van der Waals surface area contributed by atoms with Gasteiger partial charge in [0.2, 0.25) is 0 Å². The van der Waals surface area contributed by atoms with E-state index in [4.69, 9.17) is 16.3 Å². The average Bonchev–Trinajstić information content (AvgIpc) is 2.22. The first-order chi connectivity index (χ1) is 8.02. The van der Waals surface area contributed by atoms with Crippen molar-refractivity contribution in [3.63, 3.8) is 0 Å². The van der Waals surface area contributed by atoms with Gasteiger partial charge in [0.25, 0.3) is 0 Å². The summed E-state index contributed by atoms with van der Waals surface area (Å²) in [6.07, 6.45) is 0. The molecule has 1 atom stereocenters. The molecule has 0 aliphatic carbocycles. The highest BCUT2D eigenvalue weighted by Crippen LogP contribution is 2.19. The summed E-state index contributed by atoms with van der Waals surface area (Å²) in [5, 5.41) is 6.18. The Kier molecular flexibility index (Phi) is 5.25. The van der Waals surface area contributed by atoms with Gasteiger partial charge in [-0.15, -0.1) is 0 Å². The Hall–Kier alpha value is -1.26. The van der Waals surface area contributed by atoms with Crippen molar-refractivity contribution in [3.05, 3.63) is 28.8 Å². The summed E-state index contributed by atoms with van der Waals surface area (Å²) in [6, 6.07) is 5.03. The van der Waals surface area contributed by atoms with Crippen LogP contribution in [0.25, 0.3) is 0 Å². The van der Waals surface area contributed by atoms with E-state index in [2.05, 4.69) is 10.6 Å². The van der Waals surface area contributed by atoms with Crippen LogP contribution in [-0.4, -0.2) is 25.8 Å². The van der Waals surface area contributed by atoms with Gasteiger partial charge in [-0.1, -0.05) is 11.6 Å². The molecule has 0 bridgehead atoms. The van der Waals surface area contributed by atoms with Crippen LogP contribution in [-0.2, 0) is 4.74 Å². The zero-order valence-electron chi connectivity index (χ0n) is 10.2. The average molecular weight is 257 g/mol. The molecule has 0 saturated heterocycles. The van der Waals surface area contributed by atoms with Gasteiger partial charge in [0, 0.05) is 17.8 Å². The van der Waals surface area contributed by atoms with E-state index in [1.54, 1.807) is 25.3 Å². The molecule has 2 N–H and O–H groups in total. The molecular formula is C12H17ClN2O2. The van der Waals surface area contributed by atoms with Crippen molar-refractivity contribution in [3.8, 4) is 0 Å². The number of hydrogen-bond donors (Lipinski definition) is 2. The van der Waals surface area contributed by atoms with Gasteiger partial charge in [0.15, 0.2) is 0 Å². The minimum absolute atomic E-state index is 0.0346. The third kappa shape index (κ3) is 4.63. The van der Waals surface area contributed by atoms with Crippen molar-refractivity contribution in [1.82, 2.24) is 5.32 Å². The lowest BCUT2D eigenvalue weighted by Gasteiger charge is -2.14. The summed E-state index contributed by atoms with van der Waals surface area (Å²) in [5.41, 5.74) is 1.67. The Balaban J connectivity index is 2.56. The number of methoxy groups -OCH3 is 1. The highest BCUT2D eigenvalue weighted by molar-refractivity contribution is 6.30. The maximum atomic E-state index is 11.6. The van der Waals surface area contributed by atoms with Crippen LogP contribution >= 0.6 is 11.6 Å². The first-order valence-corrected chi connectivity index (χ1v) is 5.73. The molecule has 0 aromatic heterocycles. The first-order valence-electron chi connectivity index (χ1n) is 5.35. The second-order valence-electron chi connectivity index (χ2n) is 3.91. The van der Waals surface area contributed by atoms with Crippen LogP contribution in [0, 0.1) is 6.92 Å². The predicted octanol–water partition coefficient (Wildman–Crippen LogP) is 2.80. The zero-order chi connectivity index (χ0) is 12.8. The monoisotopic (exact) mass is 256 g/mol. The lowest BCUT2D eigenvalue weighted by Crippen LogP contribution is -2.38. The molecule has 5 heteroatoms. The number of urea groups is 1. The first kappa shape index (κ1) is 13.8. The fraction of sp³-hybridized carbons (Fsp3) is 0.417. The molecule has 94 valence electrons. The van der Waals surface area contributed by atoms with Gasteiger partial charge in [-0.2, -0.15) is 0 Å². The molecule has 2 amide bonds. The van der Waals surface area contributed by atoms with Crippen molar-refractivity contribution >= 4 is 23.3 Å². The Morgan fingerprint density at radius 1 is 1.53 bits per heavy atom. The van der Waals surface area contributed by atoms with Crippen LogP contribution in [0.3, 0.4) is 0 Å². The van der Waals surface area contributed by atoms with E-state index in [-0.39, 0.29) is 12.1 Å². The normalized spacial score (nSPS) is 12.0. The molecule has 17 heavy (non-hydrogen) atoms. The number of amides is 2. The van der Waals surface area contributed by atoms with E-state index in [1.807, 2.05) is 13.8 Å². The Bertz CT molecular complexity index is 396. The standard InChI is InChI=1S/C12H17ClN2O2/c1-8-6-10(13)4-5-11(8)15-12(16)14-9(2)7-17-3/h4-6,9H,7H2,1-3H3,(H2,14,15,16)/t9-/m0/s1. The van der Waals surface area contributed by atoms with Crippen LogP contribution in [0.15, 0.2) is 18.2 Å². The van der Waals surface area contributed by atoms with Crippen molar-refractivity contribution < 1.29 is 9.53 Å². The third-order valence-electron chi connectivity index (χ3n) is 2.23. The Labute approximate surface area is 106 Å². The van der Waals surface area contributed by atoms with E-state index in [9.17, 15) is 4.79 Å². The maximum Gasteiger partial charge on any atom is 0.319 e. The molecule has 0 radical (unpaired) electrons. The van der Waals surface area contributed by atoms with E-state index >= 15 is 0 Å². The van der Waals surface area contributed by atoms with Gasteiger partial charge in [-0.3, -0.25) is 0 Å². The molecule has 1 aromatic rings. The molecule has 0 aliphatic heterocycles. The van der Waals surface area contributed by atoms with Crippen LogP contribution in [0.2, 0.25) is 5.02 Å². The second-order valence-corrected chi connectivity index (χ2v) is 4.35. The molecule has 0 saturated carbocycles. The Morgan fingerprint density at radius 3 is 2.82 bits per heavy atom. The number of aryl methyl sites for hydroxylation is 1. The third-order valence-corrected chi connectivity index (χ3v) is 2.47. The molecule has 1 aromatic carbocycles. The van der Waals surface area contributed by atoms with E-state index in [0.29, 0.717) is 11.6 Å². The molecule has 0 fully saturated rings. The second kappa shape index (κ2) is 6.47. The van der Waals surface area contributed by atoms with Gasteiger partial charge in [-0.25, -0.2) is 4.79 Å². The van der Waals surface area contributed by atoms with Gasteiger partial charge in [0.05, 0.1) is 12.6 Å². The van der Waals surface area contributed by atoms with E-state index in [1.165, 1.54) is 0 Å². The number of anilines is 1. The zero-order valence-corrected chi connectivity index (χ0v) is 11.0. The smallest absolute Gasteiger partial charge is 0.319 e. The van der Waals surface area contributed by atoms with Gasteiger partial charge >= 0.3 is 6.03 Å². The number of halogens is 1. The minimum Gasteiger partial charge on any atom is -0.383 e. The quantitative estimate of drug-likeness (QED) is 0.870. The lowest BCUT2D eigenvalue weighted by molar-refractivity contribution is 0.173. The highest BCUT2D eigenvalue weighted by Gasteiger charge is 2.08. The number of carbonyl (C=O) groups is 1. The number of hydrogen-bond acceptors (Lipinski definition) is 2. The fourth-order valence-corrected chi connectivity index (χ4v) is 1.67. The van der Waals surface area contributed by atoms with Gasteiger partial charge < -0.3 is 15.4 Å². The number of nitrogens with one attached hydrogen (secondary N) is 2. The molecule has 4 nitrogen and oxygen atoms in total. The van der Waals surface area contributed by atoms with E-state index in [0.717, 1.165) is 11.3 Å². The summed E-state index contributed by atoms with van der Waals surface area (Å²) in [6.45, 7) is 4.24. The Morgan fingerprint density at radius 2 is 2.24 bits per heavy atom. The molecule has 0 aliphatic rings. The highest BCUT2D eigenvalue weighted by atomic mass is 35.5. The summed E-state index contributed by atoms with van der Waals surface area (Å²) >= 11 is 5.83. The van der Waals surface area contributed by atoms with Crippen molar-refractivity contribution in [2.45, 2.75) is 19.9 Å². The molecular weight excluding hydrogens is 240 g/mol. The number of benzene rings is 1. The largest absolute Gasteiger partial charge is 0.383 e. The molecule has 0 unspecified atom stereocenters. The van der Waals surface area contributed by atoms with E-state index < -0.39 is 0 Å². The molecule has 1 rings (SSSR count). The minimum atomic E-state index is -0.250. The number of carbonyl (C=O) groups excluding carboxylic acids is 1. The van der Waals surface area contributed by atoms with Crippen LogP contribution in [0.4, 0.5) is 10.5 Å². The number of ether oxygens (including phenoxy) is 1. The maximum absolute atomic E-state index is 11.6. The lowest BCUT2D eigenvalue weighted by atomic mass is 10.2. The fourth-order valence-electron chi connectivity index (χ4n) is 1.44. The van der Waals surface area contributed by atoms with Crippen LogP contribution < -0.4 is 10.6 Å². The van der Waals surface area contributed by atoms with Crippen molar-refractivity contribution in [1.29, 1.82) is 0 Å². The van der Waals surface area contributed by atoms with Gasteiger partial charge in [-0.05, 0) is 37.6 Å². The summed E-state index contributed by atoms with van der Waals surface area (Å²) in [7, 11) is 1.60. The van der Waals surface area contributed by atoms with Crippen LogP contribution in [0.5, 0.6) is 0 Å². The summed E-state index contributed by atoms with van der Waals surface area (Å²) in [4.78, 5) is 11.6. The number of rotatable bonds is 4. The van der Waals surface area contributed by atoms with Gasteiger partial charge in [0.1, 0.15) is 0 Å². The summed E-state index contributed by atoms with van der Waals surface area (Å²) < 4.78 is 4.93. The van der Waals surface area contributed by atoms with Crippen molar-refractivity contribution in [2.75, 3.05) is 19.0 Å². The molecule has 0 heterocycles. The summed E-state index contributed by atoms with van der Waals surface area (Å²) in [5.74, 6) is 0. The SMILES string of the molecule is COC[C@H](C)NC(=O)Nc1ccc(Cl)cc1C. The molecule has 0 spiro atoms. The topological polar surface area (TPSA) is 50.4 Å². The van der Waals surface area contributed by atoms with Crippen molar-refractivity contribution in [2.24, 2.45) is 0 Å². The predicted molar refractivity (Wildman–Crippen MR) is 69.7 cm³/mol. The van der Waals surface area contributed by atoms with Crippen LogP contribution in [0.1, 0.15) is 12.5 Å².